The number of benzene rings is 2. The molecule has 2 aliphatic rings. The van der Waals surface area contributed by atoms with Crippen molar-refractivity contribution in [1.82, 2.24) is 9.71 Å². The Kier molecular flexibility index (Phi) is 6.00. The number of aryl methyl sites for hydroxylation is 1. The van der Waals surface area contributed by atoms with Crippen molar-refractivity contribution in [3.8, 4) is 17.0 Å². The molecule has 1 aromatic heterocycles. The molecule has 9 nitrogen and oxygen atoms in total. The smallest absolute Gasteiger partial charge is 0.481 e. The van der Waals surface area contributed by atoms with Gasteiger partial charge in [-0.15, -0.1) is 0 Å². The lowest BCUT2D eigenvalue weighted by Crippen LogP contribution is -2.35. The summed E-state index contributed by atoms with van der Waals surface area (Å²) < 4.78 is 38.7. The molecule has 180 valence electrons. The largest absolute Gasteiger partial charge is 0.491 e. The fraction of sp³-hybridized carbons (Fsp3) is 0.250. The number of pyridine rings is 1. The van der Waals surface area contributed by atoms with E-state index in [1.54, 1.807) is 25.3 Å². The van der Waals surface area contributed by atoms with E-state index in [4.69, 9.17) is 9.39 Å². The van der Waals surface area contributed by atoms with Gasteiger partial charge in [0.1, 0.15) is 0 Å². The highest BCUT2D eigenvalue weighted by Crippen LogP contribution is 2.38. The van der Waals surface area contributed by atoms with E-state index in [1.807, 2.05) is 12.1 Å². The summed E-state index contributed by atoms with van der Waals surface area (Å²) in [6.07, 6.45) is 3.78. The molecule has 0 bridgehead atoms. The molecule has 0 saturated carbocycles. The third-order valence-corrected chi connectivity index (χ3v) is 7.74. The molecule has 1 aliphatic heterocycles. The van der Waals surface area contributed by atoms with E-state index in [9.17, 15) is 18.2 Å². The van der Waals surface area contributed by atoms with Crippen LogP contribution in [0.1, 0.15) is 36.1 Å². The lowest BCUT2D eigenvalue weighted by Gasteiger charge is -2.17. The van der Waals surface area contributed by atoms with E-state index in [1.165, 1.54) is 25.3 Å². The van der Waals surface area contributed by atoms with Crippen LogP contribution in [0, 0.1) is 0 Å². The van der Waals surface area contributed by atoms with E-state index in [0.29, 0.717) is 22.6 Å². The molecule has 5 rings (SSSR count). The van der Waals surface area contributed by atoms with Crippen molar-refractivity contribution in [2.75, 3.05) is 12.4 Å². The van der Waals surface area contributed by atoms with Gasteiger partial charge in [-0.05, 0) is 72.1 Å². The molecule has 0 radical (unpaired) electrons. The minimum atomic E-state index is -4.17. The maximum Gasteiger partial charge on any atom is 0.491 e. The van der Waals surface area contributed by atoms with Crippen molar-refractivity contribution in [2.45, 2.75) is 37.2 Å². The molecule has 1 atom stereocenters. The fourth-order valence-corrected chi connectivity index (χ4v) is 5.64. The Bertz CT molecular complexity index is 1430. The average molecular weight is 493 g/mol. The summed E-state index contributed by atoms with van der Waals surface area (Å²) >= 11 is 0. The number of hydrogen-bond acceptors (Lipinski definition) is 7. The molecular formula is C24H24BN3O6S. The van der Waals surface area contributed by atoms with Crippen molar-refractivity contribution in [3.05, 3.63) is 65.4 Å². The Labute approximate surface area is 203 Å². The van der Waals surface area contributed by atoms with Crippen molar-refractivity contribution in [2.24, 2.45) is 0 Å². The zero-order valence-corrected chi connectivity index (χ0v) is 20.1. The molecule has 0 spiro atoms. The zero-order valence-electron chi connectivity index (χ0n) is 19.2. The number of sulfonamides is 1. The molecule has 3 aromatic rings. The number of carbonyl (C=O) groups is 1. The number of rotatable bonds is 5. The summed E-state index contributed by atoms with van der Waals surface area (Å²) in [4.78, 5) is 17.0. The lowest BCUT2D eigenvalue weighted by atomic mass is 9.79. The molecule has 0 fully saturated rings. The maximum absolute atomic E-state index is 13.0. The van der Waals surface area contributed by atoms with Gasteiger partial charge in [-0.1, -0.05) is 18.2 Å². The molecule has 11 heteroatoms. The van der Waals surface area contributed by atoms with Gasteiger partial charge in [0.2, 0.25) is 5.88 Å². The average Bonchev–Trinajstić information content (AvgIpc) is 3.43. The monoisotopic (exact) mass is 493 g/mol. The van der Waals surface area contributed by atoms with Crippen LogP contribution in [0.4, 0.5) is 10.5 Å². The Balaban J connectivity index is 1.44. The van der Waals surface area contributed by atoms with Gasteiger partial charge in [0.15, 0.2) is 0 Å². The standard InChI is InChI=1S/C24H24BN3O6S/c1-14-20-13-17(7-9-21(20)25(30)34-14)35(31,32)28-24(29)27-23-18-5-3-4-15(18)6-8-19(23)16-10-11-26-22(12-16)33-2/h6-14,30H,3-5H2,1-2H3,(H2,27,28,29). The lowest BCUT2D eigenvalue weighted by molar-refractivity contribution is 0.209. The van der Waals surface area contributed by atoms with Gasteiger partial charge in [0.05, 0.1) is 23.8 Å². The molecule has 1 aliphatic carbocycles. The van der Waals surface area contributed by atoms with Crippen molar-refractivity contribution < 1.29 is 27.6 Å². The van der Waals surface area contributed by atoms with E-state index in [0.717, 1.165) is 41.5 Å². The number of anilines is 1. The van der Waals surface area contributed by atoms with Crippen LogP contribution in [-0.2, 0) is 27.5 Å². The Morgan fingerprint density at radius 3 is 2.83 bits per heavy atom. The third-order valence-electron chi connectivity index (χ3n) is 6.41. The number of amides is 2. The van der Waals surface area contributed by atoms with Crippen LogP contribution in [0.2, 0.25) is 0 Å². The first kappa shape index (κ1) is 23.3. The van der Waals surface area contributed by atoms with Crippen molar-refractivity contribution in [1.29, 1.82) is 0 Å². The number of hydrogen-bond donors (Lipinski definition) is 3. The molecule has 1 unspecified atom stereocenters. The molecule has 2 amide bonds. The molecule has 2 heterocycles. The van der Waals surface area contributed by atoms with E-state index < -0.39 is 29.3 Å². The highest BCUT2D eigenvalue weighted by atomic mass is 32.2. The Morgan fingerprint density at radius 2 is 2.03 bits per heavy atom. The number of nitrogens with one attached hydrogen (secondary N) is 2. The summed E-state index contributed by atoms with van der Waals surface area (Å²) in [5.74, 6) is 0.431. The van der Waals surface area contributed by atoms with Gasteiger partial charge < -0.3 is 19.7 Å². The minimum Gasteiger partial charge on any atom is -0.481 e. The molecular weight excluding hydrogens is 469 g/mol. The number of ether oxygens (including phenoxy) is 1. The number of methoxy groups -OCH3 is 1. The first-order valence-electron chi connectivity index (χ1n) is 11.2. The van der Waals surface area contributed by atoms with E-state index in [2.05, 4.69) is 15.0 Å². The van der Waals surface area contributed by atoms with Gasteiger partial charge in [0.25, 0.3) is 10.0 Å². The van der Waals surface area contributed by atoms with Crippen molar-refractivity contribution >= 4 is 34.3 Å². The molecule has 35 heavy (non-hydrogen) atoms. The third kappa shape index (κ3) is 4.38. The second-order valence-electron chi connectivity index (χ2n) is 8.55. The SMILES string of the molecule is COc1cc(-c2ccc3c(c2NC(=O)NS(=O)(=O)c2ccc4c(c2)C(C)OB4O)CCC3)ccn1. The van der Waals surface area contributed by atoms with Crippen LogP contribution >= 0.6 is 0 Å². The van der Waals surface area contributed by atoms with Crippen LogP contribution in [0.15, 0.2) is 53.6 Å². The first-order valence-corrected chi connectivity index (χ1v) is 12.7. The fourth-order valence-electron chi connectivity index (χ4n) is 4.70. The zero-order chi connectivity index (χ0) is 24.7. The maximum atomic E-state index is 13.0. The summed E-state index contributed by atoms with van der Waals surface area (Å²) in [5, 5.41) is 12.7. The number of carbonyl (C=O) groups excluding carboxylic acids is 1. The number of urea groups is 1. The summed E-state index contributed by atoms with van der Waals surface area (Å²) in [6, 6.07) is 10.9. The second-order valence-corrected chi connectivity index (χ2v) is 10.2. The first-order chi connectivity index (χ1) is 16.8. The normalized spacial score (nSPS) is 16.5. The van der Waals surface area contributed by atoms with Gasteiger partial charge in [-0.25, -0.2) is 22.9 Å². The Morgan fingerprint density at radius 1 is 1.20 bits per heavy atom. The van der Waals surface area contributed by atoms with Crippen LogP contribution < -0.4 is 20.2 Å². The van der Waals surface area contributed by atoms with E-state index in [-0.39, 0.29) is 4.90 Å². The number of nitrogens with zero attached hydrogens (tertiary/aromatic N) is 1. The predicted molar refractivity (Wildman–Crippen MR) is 131 cm³/mol. The Hall–Kier alpha value is -3.41. The van der Waals surface area contributed by atoms with Crippen molar-refractivity contribution in [3.63, 3.8) is 0 Å². The van der Waals surface area contributed by atoms with Gasteiger partial charge in [-0.2, -0.15) is 0 Å². The van der Waals surface area contributed by atoms with Crippen LogP contribution in [0.25, 0.3) is 11.1 Å². The minimum absolute atomic E-state index is 0.0895. The van der Waals surface area contributed by atoms with E-state index >= 15 is 0 Å². The van der Waals surface area contributed by atoms with Gasteiger partial charge >= 0.3 is 13.1 Å². The van der Waals surface area contributed by atoms with Crippen LogP contribution in [0.5, 0.6) is 5.88 Å². The molecule has 2 aromatic carbocycles. The van der Waals surface area contributed by atoms with Gasteiger partial charge in [0, 0.05) is 17.8 Å². The highest BCUT2D eigenvalue weighted by Gasteiger charge is 2.34. The molecule has 3 N–H and O–H groups in total. The molecule has 0 saturated heterocycles. The highest BCUT2D eigenvalue weighted by molar-refractivity contribution is 7.90. The van der Waals surface area contributed by atoms with Gasteiger partial charge in [-0.3, -0.25) is 0 Å². The summed E-state index contributed by atoms with van der Waals surface area (Å²) in [5.41, 5.74) is 5.29. The summed E-state index contributed by atoms with van der Waals surface area (Å²) in [7, 11) is -3.75. The predicted octanol–water partition coefficient (Wildman–Crippen LogP) is 2.54. The second kappa shape index (κ2) is 8.99. The summed E-state index contributed by atoms with van der Waals surface area (Å²) in [6.45, 7) is 1.72. The number of aromatic nitrogens is 1. The van der Waals surface area contributed by atoms with Crippen LogP contribution in [-0.4, -0.2) is 38.7 Å². The topological polar surface area (TPSA) is 127 Å². The quantitative estimate of drug-likeness (QED) is 0.467. The number of fused-ring (bicyclic) bond motifs is 2. The van der Waals surface area contributed by atoms with Crippen LogP contribution in [0.3, 0.4) is 0 Å².